The number of benzene rings is 2. The van der Waals surface area contributed by atoms with E-state index in [1.807, 2.05) is 19.1 Å². The molecule has 1 aliphatic rings. The number of ether oxygens (including phenoxy) is 1. The van der Waals surface area contributed by atoms with Crippen LogP contribution in [0.1, 0.15) is 11.1 Å². The van der Waals surface area contributed by atoms with E-state index in [2.05, 4.69) is 21.2 Å². The van der Waals surface area contributed by atoms with Crippen LogP contribution in [0.4, 0.5) is 5.69 Å². The fourth-order valence-corrected chi connectivity index (χ4v) is 3.40. The molecule has 0 bridgehead atoms. The lowest BCUT2D eigenvalue weighted by Crippen LogP contribution is -2.54. The molecule has 1 saturated heterocycles. The van der Waals surface area contributed by atoms with Crippen molar-refractivity contribution in [2.24, 2.45) is 0 Å². The Balaban J connectivity index is 2.09. The van der Waals surface area contributed by atoms with Gasteiger partial charge in [-0.3, -0.25) is 19.8 Å². The Morgan fingerprint density at radius 3 is 2.63 bits per heavy atom. The number of para-hydroxylation sites is 1. The van der Waals surface area contributed by atoms with E-state index < -0.39 is 11.8 Å². The average Bonchev–Trinajstić information content (AvgIpc) is 2.61. The van der Waals surface area contributed by atoms with Crippen LogP contribution in [0.2, 0.25) is 0 Å². The zero-order valence-corrected chi connectivity index (χ0v) is 16.8. The van der Waals surface area contributed by atoms with Gasteiger partial charge in [-0.15, -0.1) is 0 Å². The van der Waals surface area contributed by atoms with Crippen LogP contribution in [-0.4, -0.2) is 29.1 Å². The van der Waals surface area contributed by atoms with Gasteiger partial charge < -0.3 is 9.84 Å². The number of carbonyl (C=O) groups excluding carboxylic acids is 2. The molecule has 2 N–H and O–H groups in total. The summed E-state index contributed by atoms with van der Waals surface area (Å²) >= 11 is 8.52. The first kappa shape index (κ1) is 19.1. The minimum atomic E-state index is -0.589. The molecule has 0 unspecified atom stereocenters. The van der Waals surface area contributed by atoms with Crippen molar-refractivity contribution in [1.82, 2.24) is 5.32 Å². The normalized spacial score (nSPS) is 15.9. The predicted molar refractivity (Wildman–Crippen MR) is 110 cm³/mol. The third-order valence-electron chi connectivity index (χ3n) is 4.06. The molecule has 1 fully saturated rings. The van der Waals surface area contributed by atoms with Gasteiger partial charge in [0.2, 0.25) is 0 Å². The Morgan fingerprint density at radius 1 is 1.26 bits per heavy atom. The predicted octanol–water partition coefficient (Wildman–Crippen LogP) is 3.30. The summed E-state index contributed by atoms with van der Waals surface area (Å²) < 4.78 is 5.59. The summed E-state index contributed by atoms with van der Waals surface area (Å²) in [4.78, 5) is 26.7. The summed E-state index contributed by atoms with van der Waals surface area (Å²) in [7, 11) is 1.41. The first-order valence-electron chi connectivity index (χ1n) is 7.87. The molecule has 0 aliphatic carbocycles. The number of rotatable bonds is 3. The fraction of sp³-hybridized carbons (Fsp3) is 0.105. The van der Waals surface area contributed by atoms with Crippen LogP contribution in [0.5, 0.6) is 11.5 Å². The Morgan fingerprint density at radius 2 is 1.96 bits per heavy atom. The first-order valence-corrected chi connectivity index (χ1v) is 9.07. The first-order chi connectivity index (χ1) is 12.8. The summed E-state index contributed by atoms with van der Waals surface area (Å²) in [6.07, 6.45) is 1.43. The number of nitrogens with one attached hydrogen (secondary N) is 1. The van der Waals surface area contributed by atoms with Crippen LogP contribution in [0.3, 0.4) is 0 Å². The number of thiocarbonyl (C=S) groups is 1. The number of methoxy groups -OCH3 is 1. The maximum atomic E-state index is 13.0. The number of hydrogen-bond acceptors (Lipinski definition) is 5. The molecule has 2 aromatic rings. The zero-order chi connectivity index (χ0) is 19.7. The second-order valence-electron chi connectivity index (χ2n) is 5.79. The van der Waals surface area contributed by atoms with Crippen molar-refractivity contribution in [2.45, 2.75) is 6.92 Å². The molecule has 0 spiro atoms. The van der Waals surface area contributed by atoms with Gasteiger partial charge in [-0.1, -0.05) is 34.1 Å². The SMILES string of the molecule is COc1cc(/C=C2/C(=O)NC(=S)N(c3ccccc3C)C2=O)c(Br)cc1O. The van der Waals surface area contributed by atoms with Crippen molar-refractivity contribution in [3.63, 3.8) is 0 Å². The molecule has 1 aliphatic heterocycles. The van der Waals surface area contributed by atoms with E-state index in [1.54, 1.807) is 12.1 Å². The highest BCUT2D eigenvalue weighted by Gasteiger charge is 2.35. The molecule has 2 amide bonds. The number of aromatic hydroxyl groups is 1. The van der Waals surface area contributed by atoms with E-state index in [4.69, 9.17) is 17.0 Å². The van der Waals surface area contributed by atoms with E-state index in [1.165, 1.54) is 30.2 Å². The molecule has 0 radical (unpaired) electrons. The van der Waals surface area contributed by atoms with Gasteiger partial charge in [0, 0.05) is 4.47 Å². The minimum absolute atomic E-state index is 0.0267. The van der Waals surface area contributed by atoms with Crippen molar-refractivity contribution in [3.8, 4) is 11.5 Å². The Labute approximate surface area is 169 Å². The highest BCUT2D eigenvalue weighted by molar-refractivity contribution is 9.10. The Kier molecular flexibility index (Phi) is 5.29. The summed E-state index contributed by atoms with van der Waals surface area (Å²) in [5, 5.41) is 12.4. The van der Waals surface area contributed by atoms with Crippen molar-refractivity contribution in [2.75, 3.05) is 12.0 Å². The number of halogens is 1. The van der Waals surface area contributed by atoms with Crippen LogP contribution in [0, 0.1) is 6.92 Å². The molecular weight excluding hydrogens is 432 g/mol. The van der Waals surface area contributed by atoms with Crippen LogP contribution < -0.4 is 15.0 Å². The molecular formula is C19H15BrN2O4S. The molecule has 0 aromatic heterocycles. The third kappa shape index (κ3) is 3.58. The molecule has 8 heteroatoms. The highest BCUT2D eigenvalue weighted by atomic mass is 79.9. The van der Waals surface area contributed by atoms with Crippen molar-refractivity contribution in [3.05, 3.63) is 57.6 Å². The standard InChI is InChI=1S/C19H15BrN2O4S/c1-10-5-3-4-6-14(10)22-18(25)12(17(24)21-19(22)27)7-11-8-16(26-2)15(23)9-13(11)20/h3-9,23H,1-2H3,(H,21,24,27)/b12-7-. The summed E-state index contributed by atoms with van der Waals surface area (Å²) in [5.74, 6) is -0.959. The number of amides is 2. The number of anilines is 1. The highest BCUT2D eigenvalue weighted by Crippen LogP contribution is 2.34. The second kappa shape index (κ2) is 7.50. The van der Waals surface area contributed by atoms with E-state index in [9.17, 15) is 14.7 Å². The lowest BCUT2D eigenvalue weighted by atomic mass is 10.1. The lowest BCUT2D eigenvalue weighted by molar-refractivity contribution is -0.122. The quantitative estimate of drug-likeness (QED) is 0.429. The third-order valence-corrected chi connectivity index (χ3v) is 5.03. The summed E-state index contributed by atoms with van der Waals surface area (Å²) in [6.45, 7) is 1.85. The van der Waals surface area contributed by atoms with E-state index in [0.717, 1.165) is 5.56 Å². The molecule has 0 saturated carbocycles. The van der Waals surface area contributed by atoms with E-state index >= 15 is 0 Å². The molecule has 138 valence electrons. The van der Waals surface area contributed by atoms with Gasteiger partial charge in [0.1, 0.15) is 5.57 Å². The molecule has 27 heavy (non-hydrogen) atoms. The topological polar surface area (TPSA) is 78.9 Å². The molecule has 0 atom stereocenters. The van der Waals surface area contributed by atoms with Gasteiger partial charge in [0.25, 0.3) is 11.8 Å². The van der Waals surface area contributed by atoms with Crippen LogP contribution >= 0.6 is 28.1 Å². The lowest BCUT2D eigenvalue weighted by Gasteiger charge is -2.30. The second-order valence-corrected chi connectivity index (χ2v) is 7.03. The average molecular weight is 447 g/mol. The summed E-state index contributed by atoms with van der Waals surface area (Å²) in [5.41, 5.74) is 1.86. The minimum Gasteiger partial charge on any atom is -0.504 e. The molecule has 6 nitrogen and oxygen atoms in total. The Bertz CT molecular complexity index is 1000. The van der Waals surface area contributed by atoms with Crippen LogP contribution in [0.25, 0.3) is 6.08 Å². The number of aryl methyl sites for hydroxylation is 1. The number of phenols is 1. The van der Waals surface area contributed by atoms with Crippen molar-refractivity contribution < 1.29 is 19.4 Å². The largest absolute Gasteiger partial charge is 0.504 e. The molecule has 3 rings (SSSR count). The number of hydrogen-bond donors (Lipinski definition) is 2. The van der Waals surface area contributed by atoms with Crippen LogP contribution in [0.15, 0.2) is 46.4 Å². The number of phenolic OH excluding ortho intramolecular Hbond substituents is 1. The van der Waals surface area contributed by atoms with E-state index in [0.29, 0.717) is 15.7 Å². The molecule has 2 aromatic carbocycles. The smallest absolute Gasteiger partial charge is 0.270 e. The van der Waals surface area contributed by atoms with E-state index in [-0.39, 0.29) is 22.2 Å². The summed E-state index contributed by atoms with van der Waals surface area (Å²) in [6, 6.07) is 10.2. The van der Waals surface area contributed by atoms with Gasteiger partial charge >= 0.3 is 0 Å². The molecule has 1 heterocycles. The number of carbonyl (C=O) groups is 2. The number of nitrogens with zero attached hydrogens (tertiary/aromatic N) is 1. The van der Waals surface area contributed by atoms with Crippen LogP contribution in [-0.2, 0) is 9.59 Å². The van der Waals surface area contributed by atoms with Gasteiger partial charge in [-0.05, 0) is 54.5 Å². The van der Waals surface area contributed by atoms with Gasteiger partial charge in [-0.2, -0.15) is 0 Å². The maximum Gasteiger partial charge on any atom is 0.270 e. The Hall–Kier alpha value is -2.71. The van der Waals surface area contributed by atoms with Crippen molar-refractivity contribution >= 4 is 56.8 Å². The van der Waals surface area contributed by atoms with Gasteiger partial charge in [-0.25, -0.2) is 0 Å². The zero-order valence-electron chi connectivity index (χ0n) is 14.4. The maximum absolute atomic E-state index is 13.0. The fourth-order valence-electron chi connectivity index (χ4n) is 2.68. The van der Waals surface area contributed by atoms with Crippen molar-refractivity contribution in [1.29, 1.82) is 0 Å². The van der Waals surface area contributed by atoms with Gasteiger partial charge in [0.05, 0.1) is 12.8 Å². The monoisotopic (exact) mass is 446 g/mol. The van der Waals surface area contributed by atoms with Gasteiger partial charge in [0.15, 0.2) is 16.6 Å².